The first-order valence-electron chi connectivity index (χ1n) is 11.5. The van der Waals surface area contributed by atoms with Crippen LogP contribution in [0.25, 0.3) is 11.3 Å². The van der Waals surface area contributed by atoms with Gasteiger partial charge in [0.05, 0.1) is 11.8 Å². The van der Waals surface area contributed by atoms with Gasteiger partial charge < -0.3 is 10.6 Å². The number of ketones is 1. The zero-order valence-corrected chi connectivity index (χ0v) is 21.0. The second-order valence-corrected chi connectivity index (χ2v) is 11.0. The third kappa shape index (κ3) is 5.97. The molecule has 0 bridgehead atoms. The SMILES string of the molecule is C[C@H]1CN(c2ccncc2CC(=O)c2ccc(F)c(-c3c(F)cccc3F)n2)C[C@@H](N)[C@H]1NS(C)(=O)=O. The van der Waals surface area contributed by atoms with E-state index in [0.29, 0.717) is 24.3 Å². The fourth-order valence-electron chi connectivity index (χ4n) is 4.60. The average molecular weight is 534 g/mol. The van der Waals surface area contributed by atoms with Crippen LogP contribution in [0.2, 0.25) is 0 Å². The van der Waals surface area contributed by atoms with Crippen LogP contribution < -0.4 is 15.4 Å². The van der Waals surface area contributed by atoms with Crippen molar-refractivity contribution in [2.75, 3.05) is 24.2 Å². The maximum absolute atomic E-state index is 14.4. The number of sulfonamides is 1. The fraction of sp³-hybridized carbons (Fsp3) is 0.320. The van der Waals surface area contributed by atoms with E-state index in [1.807, 2.05) is 11.8 Å². The molecule has 0 unspecified atom stereocenters. The number of hydrogen-bond donors (Lipinski definition) is 2. The highest BCUT2D eigenvalue weighted by atomic mass is 32.2. The van der Waals surface area contributed by atoms with E-state index in [2.05, 4.69) is 14.7 Å². The topological polar surface area (TPSA) is 118 Å². The van der Waals surface area contributed by atoms with Crippen LogP contribution in [-0.2, 0) is 16.4 Å². The summed E-state index contributed by atoms with van der Waals surface area (Å²) in [4.78, 5) is 23.1. The number of carbonyl (C=O) groups excluding carboxylic acids is 1. The molecule has 0 spiro atoms. The number of carbonyl (C=O) groups is 1. The van der Waals surface area contributed by atoms with E-state index in [-0.39, 0.29) is 18.0 Å². The number of hydrogen-bond acceptors (Lipinski definition) is 7. The first-order chi connectivity index (χ1) is 17.4. The second-order valence-electron chi connectivity index (χ2n) is 9.19. The number of Topliss-reactive ketones (excluding diaryl/α,β-unsaturated/α-hetero) is 1. The molecule has 0 aliphatic carbocycles. The molecule has 0 amide bonds. The quantitative estimate of drug-likeness (QED) is 0.449. The smallest absolute Gasteiger partial charge is 0.209 e. The fourth-order valence-corrected chi connectivity index (χ4v) is 5.50. The van der Waals surface area contributed by atoms with Crippen LogP contribution in [0.4, 0.5) is 18.9 Å². The maximum Gasteiger partial charge on any atom is 0.209 e. The molecule has 3 atom stereocenters. The van der Waals surface area contributed by atoms with E-state index < -0.39 is 56.6 Å². The highest BCUT2D eigenvalue weighted by Crippen LogP contribution is 2.29. The van der Waals surface area contributed by atoms with Gasteiger partial charge in [-0.1, -0.05) is 13.0 Å². The summed E-state index contributed by atoms with van der Waals surface area (Å²) in [6, 6.07) is 6.00. The molecule has 3 heterocycles. The number of aromatic nitrogens is 2. The predicted octanol–water partition coefficient (Wildman–Crippen LogP) is 2.69. The minimum absolute atomic E-state index is 0.132. The summed E-state index contributed by atoms with van der Waals surface area (Å²) in [7, 11) is -3.44. The first-order valence-corrected chi connectivity index (χ1v) is 13.4. The minimum Gasteiger partial charge on any atom is -0.369 e. The van der Waals surface area contributed by atoms with Crippen molar-refractivity contribution < 1.29 is 26.4 Å². The molecular weight excluding hydrogens is 507 g/mol. The Morgan fingerprint density at radius 3 is 2.46 bits per heavy atom. The van der Waals surface area contributed by atoms with Gasteiger partial charge in [-0.25, -0.2) is 31.3 Å². The Balaban J connectivity index is 1.59. The van der Waals surface area contributed by atoms with Gasteiger partial charge in [0.25, 0.3) is 0 Å². The Morgan fingerprint density at radius 2 is 1.81 bits per heavy atom. The van der Waals surface area contributed by atoms with E-state index in [1.165, 1.54) is 6.20 Å². The first kappa shape index (κ1) is 26.7. The van der Waals surface area contributed by atoms with E-state index in [9.17, 15) is 26.4 Å². The molecule has 1 saturated heterocycles. The molecule has 1 fully saturated rings. The van der Waals surface area contributed by atoms with Gasteiger partial charge in [-0.15, -0.1) is 0 Å². The molecule has 37 heavy (non-hydrogen) atoms. The van der Waals surface area contributed by atoms with E-state index in [1.54, 1.807) is 12.3 Å². The van der Waals surface area contributed by atoms with Crippen molar-refractivity contribution in [3.05, 3.63) is 77.5 Å². The number of nitrogens with two attached hydrogens (primary N) is 1. The number of nitrogens with zero attached hydrogens (tertiary/aromatic N) is 3. The van der Waals surface area contributed by atoms with Gasteiger partial charge in [-0.05, 0) is 36.2 Å². The van der Waals surface area contributed by atoms with Crippen LogP contribution in [0.3, 0.4) is 0 Å². The third-order valence-corrected chi connectivity index (χ3v) is 6.97. The molecule has 3 aromatic rings. The lowest BCUT2D eigenvalue weighted by Crippen LogP contribution is -2.61. The van der Waals surface area contributed by atoms with E-state index >= 15 is 0 Å². The third-order valence-electron chi connectivity index (χ3n) is 6.26. The van der Waals surface area contributed by atoms with Gasteiger partial charge in [-0.3, -0.25) is 9.78 Å². The van der Waals surface area contributed by atoms with E-state index in [4.69, 9.17) is 5.73 Å². The predicted molar refractivity (Wildman–Crippen MR) is 133 cm³/mol. The van der Waals surface area contributed by atoms with Gasteiger partial charge in [0.2, 0.25) is 10.0 Å². The molecule has 1 aliphatic heterocycles. The maximum atomic E-state index is 14.4. The molecule has 4 rings (SSSR count). The summed E-state index contributed by atoms with van der Waals surface area (Å²) in [6.07, 6.45) is 4.01. The van der Waals surface area contributed by atoms with Crippen LogP contribution >= 0.6 is 0 Å². The van der Waals surface area contributed by atoms with Crippen molar-refractivity contribution in [3.8, 4) is 11.3 Å². The standard InChI is InChI=1S/C25H26F3N5O3S/c1-14-12-33(13-19(29)24(14)32-37(2,35)36)21-8-9-30-11-15(21)10-22(34)20-7-6-18(28)25(31-20)23-16(26)4-3-5-17(23)27/h3-9,11,14,19,24,32H,10,12-13,29H2,1-2H3/t14-,19+,24-/m0/s1. The normalized spacial score (nSPS) is 20.2. The summed E-state index contributed by atoms with van der Waals surface area (Å²) in [6.45, 7) is 2.68. The number of halogens is 3. The summed E-state index contributed by atoms with van der Waals surface area (Å²) in [5.41, 5.74) is 6.14. The summed E-state index contributed by atoms with van der Waals surface area (Å²) < 4.78 is 69.0. The van der Waals surface area contributed by atoms with Crippen LogP contribution in [0.5, 0.6) is 0 Å². The lowest BCUT2D eigenvalue weighted by atomic mass is 9.90. The van der Waals surface area contributed by atoms with Crippen molar-refractivity contribution in [2.45, 2.75) is 25.4 Å². The Morgan fingerprint density at radius 1 is 1.11 bits per heavy atom. The Labute approximate surface area is 212 Å². The Bertz CT molecular complexity index is 1400. The Hall–Kier alpha value is -3.35. The van der Waals surface area contributed by atoms with Crippen LogP contribution in [0.15, 0.2) is 48.8 Å². The molecule has 1 aromatic carbocycles. The van der Waals surface area contributed by atoms with Crippen molar-refractivity contribution in [3.63, 3.8) is 0 Å². The number of rotatable bonds is 7. The zero-order chi connectivity index (χ0) is 26.9. The minimum atomic E-state index is -3.44. The molecule has 3 N–H and O–H groups in total. The molecule has 0 radical (unpaired) electrons. The molecule has 2 aromatic heterocycles. The molecule has 0 saturated carbocycles. The molecule has 1 aliphatic rings. The molecule has 8 nitrogen and oxygen atoms in total. The van der Waals surface area contributed by atoms with Crippen molar-refractivity contribution >= 4 is 21.5 Å². The monoisotopic (exact) mass is 533 g/mol. The lowest BCUT2D eigenvalue weighted by molar-refractivity contribution is 0.0988. The van der Waals surface area contributed by atoms with Gasteiger partial charge >= 0.3 is 0 Å². The van der Waals surface area contributed by atoms with Crippen LogP contribution in [-0.4, -0.2) is 55.6 Å². The summed E-state index contributed by atoms with van der Waals surface area (Å²) in [5.74, 6) is -3.59. The number of benzene rings is 1. The average Bonchev–Trinajstić information content (AvgIpc) is 2.82. The molecule has 196 valence electrons. The Kier molecular flexibility index (Phi) is 7.62. The number of anilines is 1. The van der Waals surface area contributed by atoms with Crippen molar-refractivity contribution in [2.24, 2.45) is 11.7 Å². The number of nitrogens with one attached hydrogen (secondary N) is 1. The summed E-state index contributed by atoms with van der Waals surface area (Å²) in [5, 5.41) is 0. The van der Waals surface area contributed by atoms with E-state index in [0.717, 1.165) is 36.6 Å². The van der Waals surface area contributed by atoms with Gasteiger partial charge in [-0.2, -0.15) is 0 Å². The highest BCUT2D eigenvalue weighted by Gasteiger charge is 2.35. The second kappa shape index (κ2) is 10.6. The highest BCUT2D eigenvalue weighted by molar-refractivity contribution is 7.88. The van der Waals surface area contributed by atoms with Crippen molar-refractivity contribution in [1.82, 2.24) is 14.7 Å². The molecular formula is C25H26F3N5O3S. The molecule has 12 heteroatoms. The van der Waals surface area contributed by atoms with Gasteiger partial charge in [0, 0.05) is 55.2 Å². The van der Waals surface area contributed by atoms with Gasteiger partial charge in [0.1, 0.15) is 28.8 Å². The lowest BCUT2D eigenvalue weighted by Gasteiger charge is -2.42. The van der Waals surface area contributed by atoms with Crippen LogP contribution in [0, 0.1) is 23.4 Å². The number of piperidine rings is 1. The zero-order valence-electron chi connectivity index (χ0n) is 20.2. The summed E-state index contributed by atoms with van der Waals surface area (Å²) >= 11 is 0. The van der Waals surface area contributed by atoms with Crippen LogP contribution in [0.1, 0.15) is 23.0 Å². The van der Waals surface area contributed by atoms with Gasteiger partial charge in [0.15, 0.2) is 5.78 Å². The largest absolute Gasteiger partial charge is 0.369 e. The number of pyridine rings is 2. The van der Waals surface area contributed by atoms with Crippen molar-refractivity contribution in [1.29, 1.82) is 0 Å².